The first kappa shape index (κ1) is 27.9. The summed E-state index contributed by atoms with van der Waals surface area (Å²) in [6, 6.07) is 10.4. The molecule has 7 heteroatoms. The number of carbonyl (C=O) groups is 2. The Morgan fingerprint density at radius 3 is 2.41 bits per heavy atom. The number of piperazine rings is 1. The molecule has 0 bridgehead atoms. The Morgan fingerprint density at radius 1 is 1.05 bits per heavy atom. The third kappa shape index (κ3) is 5.79. The van der Waals surface area contributed by atoms with Crippen molar-refractivity contribution in [2.75, 3.05) is 19.6 Å². The molecule has 1 aliphatic carbocycles. The van der Waals surface area contributed by atoms with Crippen molar-refractivity contribution in [3.63, 3.8) is 0 Å². The topological polar surface area (TPSA) is 81.3 Å². The highest BCUT2D eigenvalue weighted by molar-refractivity contribution is 6.00. The van der Waals surface area contributed by atoms with E-state index in [1.165, 1.54) is 43.2 Å². The molecule has 39 heavy (non-hydrogen) atoms. The Morgan fingerprint density at radius 2 is 1.77 bits per heavy atom. The van der Waals surface area contributed by atoms with Gasteiger partial charge in [-0.15, -0.1) is 0 Å². The third-order valence-electron chi connectivity index (χ3n) is 9.69. The number of likely N-dealkylation sites (tertiary alicyclic amines) is 1. The minimum absolute atomic E-state index is 0.0777. The zero-order chi connectivity index (χ0) is 27.4. The van der Waals surface area contributed by atoms with Gasteiger partial charge < -0.3 is 10.2 Å². The first-order chi connectivity index (χ1) is 18.9. The summed E-state index contributed by atoms with van der Waals surface area (Å²) in [5.74, 6) is 0.787. The fourth-order valence-electron chi connectivity index (χ4n) is 7.44. The standard InChI is InChI=1S/C32H47N5O2/c1-4-5-18-37-30(38)27(21-25-12-8-6-9-13-25)33-31(39)32(37)16-19-36(20-17-32)28(22-26-14-10-7-11-15-26)29-23(2)34-35-24(29)3/h7,10-11,14-15,25,27-28H,4-6,8-9,12-13,16-22H2,1-3H3,(H,33,39)(H,34,35)/t27-,28?/m0/s1. The molecule has 1 saturated carbocycles. The van der Waals surface area contributed by atoms with E-state index in [4.69, 9.17) is 0 Å². The second-order valence-corrected chi connectivity index (χ2v) is 12.2. The fraction of sp³-hybridized carbons (Fsp3) is 0.656. The first-order valence-corrected chi connectivity index (χ1v) is 15.3. The van der Waals surface area contributed by atoms with E-state index in [1.54, 1.807) is 0 Å². The molecule has 212 valence electrons. The lowest BCUT2D eigenvalue weighted by Gasteiger charge is -2.53. The summed E-state index contributed by atoms with van der Waals surface area (Å²) in [6.45, 7) is 8.57. The number of hydrogen-bond acceptors (Lipinski definition) is 4. The normalized spacial score (nSPS) is 23.3. The third-order valence-corrected chi connectivity index (χ3v) is 9.69. The lowest BCUT2D eigenvalue weighted by molar-refractivity contribution is -0.162. The van der Waals surface area contributed by atoms with Crippen molar-refractivity contribution < 1.29 is 9.59 Å². The van der Waals surface area contributed by atoms with Crippen LogP contribution in [0.3, 0.4) is 0 Å². The minimum atomic E-state index is -0.733. The van der Waals surface area contributed by atoms with Crippen molar-refractivity contribution in [1.29, 1.82) is 0 Å². The van der Waals surface area contributed by atoms with Crippen LogP contribution in [0.1, 0.15) is 99.7 Å². The van der Waals surface area contributed by atoms with Crippen LogP contribution in [-0.2, 0) is 16.0 Å². The maximum absolute atomic E-state index is 13.9. The number of aromatic nitrogens is 2. The molecule has 0 radical (unpaired) electrons. The Kier molecular flexibility index (Phi) is 8.75. The predicted octanol–water partition coefficient (Wildman–Crippen LogP) is 5.24. The predicted molar refractivity (Wildman–Crippen MR) is 154 cm³/mol. The number of nitrogens with one attached hydrogen (secondary N) is 2. The van der Waals surface area contributed by atoms with Crippen LogP contribution in [0.5, 0.6) is 0 Å². The van der Waals surface area contributed by atoms with Crippen LogP contribution < -0.4 is 5.32 Å². The van der Waals surface area contributed by atoms with Crippen LogP contribution >= 0.6 is 0 Å². The van der Waals surface area contributed by atoms with Gasteiger partial charge in [0.25, 0.3) is 0 Å². The molecule has 3 aliphatic rings. The zero-order valence-electron chi connectivity index (χ0n) is 24.2. The number of nitrogens with zero attached hydrogens (tertiary/aromatic N) is 3. The van der Waals surface area contributed by atoms with Gasteiger partial charge in [-0.25, -0.2) is 0 Å². The van der Waals surface area contributed by atoms with Crippen molar-refractivity contribution in [3.8, 4) is 0 Å². The number of H-pyrrole nitrogens is 1. The van der Waals surface area contributed by atoms with Gasteiger partial charge >= 0.3 is 0 Å². The first-order valence-electron chi connectivity index (χ1n) is 15.3. The molecule has 2 N–H and O–H groups in total. The van der Waals surface area contributed by atoms with E-state index in [-0.39, 0.29) is 23.9 Å². The van der Waals surface area contributed by atoms with E-state index in [9.17, 15) is 9.59 Å². The molecule has 2 atom stereocenters. The molecule has 5 rings (SSSR count). The van der Waals surface area contributed by atoms with Crippen molar-refractivity contribution in [2.24, 2.45) is 5.92 Å². The molecular weight excluding hydrogens is 486 g/mol. The summed E-state index contributed by atoms with van der Waals surface area (Å²) in [5.41, 5.74) is 3.96. The smallest absolute Gasteiger partial charge is 0.246 e. The average Bonchev–Trinajstić information content (AvgIpc) is 3.29. The molecule has 2 saturated heterocycles. The summed E-state index contributed by atoms with van der Waals surface area (Å²) in [7, 11) is 0. The molecule has 1 spiro atoms. The molecule has 2 amide bonds. The van der Waals surface area contributed by atoms with Gasteiger partial charge in [-0.2, -0.15) is 5.10 Å². The lowest BCUT2D eigenvalue weighted by Crippen LogP contribution is -2.73. The van der Waals surface area contributed by atoms with Crippen LogP contribution in [0.15, 0.2) is 30.3 Å². The van der Waals surface area contributed by atoms with Crippen molar-refractivity contribution in [2.45, 2.75) is 109 Å². The van der Waals surface area contributed by atoms with Crippen LogP contribution in [0.25, 0.3) is 0 Å². The Hall–Kier alpha value is -2.67. The van der Waals surface area contributed by atoms with E-state index < -0.39 is 5.54 Å². The van der Waals surface area contributed by atoms with Gasteiger partial charge in [-0.1, -0.05) is 75.8 Å². The molecule has 3 fully saturated rings. The maximum Gasteiger partial charge on any atom is 0.246 e. The van der Waals surface area contributed by atoms with Crippen molar-refractivity contribution in [3.05, 3.63) is 52.8 Å². The molecular formula is C32H47N5O2. The average molecular weight is 534 g/mol. The van der Waals surface area contributed by atoms with E-state index in [1.807, 2.05) is 4.90 Å². The number of amides is 2. The van der Waals surface area contributed by atoms with E-state index in [0.717, 1.165) is 50.2 Å². The highest BCUT2D eigenvalue weighted by Gasteiger charge is 2.54. The fourth-order valence-corrected chi connectivity index (χ4v) is 7.44. The Labute approximate surface area is 234 Å². The van der Waals surface area contributed by atoms with Crippen molar-refractivity contribution in [1.82, 2.24) is 25.3 Å². The highest BCUT2D eigenvalue weighted by atomic mass is 16.2. The van der Waals surface area contributed by atoms with Gasteiger partial charge in [0, 0.05) is 36.9 Å². The van der Waals surface area contributed by atoms with Crippen LogP contribution in [0, 0.1) is 19.8 Å². The van der Waals surface area contributed by atoms with Crippen molar-refractivity contribution >= 4 is 11.8 Å². The van der Waals surface area contributed by atoms with Gasteiger partial charge in [-0.3, -0.25) is 19.6 Å². The summed E-state index contributed by atoms with van der Waals surface area (Å²) >= 11 is 0. The van der Waals surface area contributed by atoms with Gasteiger partial charge in [-0.05, 0) is 57.4 Å². The molecule has 7 nitrogen and oxygen atoms in total. The number of aromatic amines is 1. The monoisotopic (exact) mass is 533 g/mol. The van der Waals surface area contributed by atoms with Crippen LogP contribution in [0.2, 0.25) is 0 Å². The molecule has 2 aliphatic heterocycles. The zero-order valence-corrected chi connectivity index (χ0v) is 24.2. The molecule has 3 heterocycles. The summed E-state index contributed by atoms with van der Waals surface area (Å²) < 4.78 is 0. The maximum atomic E-state index is 13.9. The van der Waals surface area contributed by atoms with E-state index in [2.05, 4.69) is 71.5 Å². The van der Waals surface area contributed by atoms with Gasteiger partial charge in [0.15, 0.2) is 0 Å². The molecule has 1 unspecified atom stereocenters. The number of aryl methyl sites for hydroxylation is 2. The molecule has 2 aromatic rings. The minimum Gasteiger partial charge on any atom is -0.342 e. The van der Waals surface area contributed by atoms with Gasteiger partial charge in [0.1, 0.15) is 11.6 Å². The van der Waals surface area contributed by atoms with Gasteiger partial charge in [0.2, 0.25) is 11.8 Å². The number of benzene rings is 1. The quantitative estimate of drug-likeness (QED) is 0.462. The molecule has 1 aromatic carbocycles. The largest absolute Gasteiger partial charge is 0.342 e. The summed E-state index contributed by atoms with van der Waals surface area (Å²) in [5, 5.41) is 10.9. The van der Waals surface area contributed by atoms with E-state index >= 15 is 0 Å². The number of hydrogen-bond donors (Lipinski definition) is 2. The second kappa shape index (κ2) is 12.2. The Balaban J connectivity index is 1.36. The molecule has 1 aromatic heterocycles. The summed E-state index contributed by atoms with van der Waals surface area (Å²) in [4.78, 5) is 32.4. The lowest BCUT2D eigenvalue weighted by atomic mass is 9.78. The van der Waals surface area contributed by atoms with Crippen LogP contribution in [-0.4, -0.2) is 63.0 Å². The number of rotatable bonds is 9. The number of unbranched alkanes of at least 4 members (excludes halogenated alkanes) is 1. The SMILES string of the molecule is CCCCN1C(=O)[C@H](CC2CCCCC2)NC(=O)C12CCN(C(Cc1ccccc1)c1c(C)n[nH]c1C)CC2. The number of piperidine rings is 1. The van der Waals surface area contributed by atoms with Crippen LogP contribution in [0.4, 0.5) is 0 Å². The second-order valence-electron chi connectivity index (χ2n) is 12.2. The summed E-state index contributed by atoms with van der Waals surface area (Å²) in [6.07, 6.45) is 11.1. The van der Waals surface area contributed by atoms with Gasteiger partial charge in [0.05, 0.1) is 5.69 Å². The highest BCUT2D eigenvalue weighted by Crippen LogP contribution is 2.39. The Bertz CT molecular complexity index is 1100. The number of carbonyl (C=O) groups excluding carboxylic acids is 2. The van der Waals surface area contributed by atoms with E-state index in [0.29, 0.717) is 25.3 Å².